The summed E-state index contributed by atoms with van der Waals surface area (Å²) in [6.45, 7) is 5.53. The van der Waals surface area contributed by atoms with Gasteiger partial charge in [-0.05, 0) is 36.3 Å². The Morgan fingerprint density at radius 2 is 2.46 bits per heavy atom. The summed E-state index contributed by atoms with van der Waals surface area (Å²) in [6, 6.07) is 6.00. The molecule has 3 rings (SSSR count). The van der Waals surface area contributed by atoms with Crippen LogP contribution in [-0.2, 0) is 13.0 Å². The summed E-state index contributed by atoms with van der Waals surface area (Å²) in [4.78, 5) is 13.8. The second kappa shape index (κ2) is 8.99. The molecular formula is C20H24FN5. The van der Waals surface area contributed by atoms with E-state index < -0.39 is 6.17 Å². The molecule has 0 saturated carbocycles. The molecule has 0 radical (unpaired) electrons. The van der Waals surface area contributed by atoms with E-state index in [0.717, 1.165) is 22.8 Å². The molecule has 1 saturated heterocycles. The second-order valence-electron chi connectivity index (χ2n) is 6.24. The van der Waals surface area contributed by atoms with E-state index in [-0.39, 0.29) is 0 Å². The van der Waals surface area contributed by atoms with Crippen LogP contribution >= 0.6 is 0 Å². The largest absolute Gasteiger partial charge is 0.378 e. The molecule has 3 heterocycles. The summed E-state index contributed by atoms with van der Waals surface area (Å²) in [5, 5.41) is 3.32. The monoisotopic (exact) mass is 353 g/mol. The first kappa shape index (κ1) is 17.9. The Balaban J connectivity index is 1.52. The van der Waals surface area contributed by atoms with E-state index in [1.165, 1.54) is 0 Å². The van der Waals surface area contributed by atoms with Crippen LogP contribution in [0.4, 0.5) is 10.1 Å². The minimum Gasteiger partial charge on any atom is -0.378 e. The van der Waals surface area contributed by atoms with E-state index >= 15 is 0 Å². The van der Waals surface area contributed by atoms with Crippen molar-refractivity contribution >= 4 is 11.9 Å². The van der Waals surface area contributed by atoms with Crippen LogP contribution in [0, 0.1) is 0 Å². The standard InChI is InChI=1S/C20H24FN5/c1-2-4-20(26-10-7-17(21)15-26)23-9-6-16-11-19(24-12-16)14-25-18-5-3-8-22-13-18/h2-5,8-9,11-13,17,24-25H,1,6-7,10,14-15H2/b20-4+,23-9-/t17-/m1/s1. The number of hydrogen-bond donors (Lipinski definition) is 2. The number of pyridine rings is 1. The van der Waals surface area contributed by atoms with Gasteiger partial charge in [0.1, 0.15) is 12.0 Å². The molecule has 0 bridgehead atoms. The maximum Gasteiger partial charge on any atom is 0.128 e. The molecule has 136 valence electrons. The van der Waals surface area contributed by atoms with Gasteiger partial charge in [0.25, 0.3) is 0 Å². The third-order valence-corrected chi connectivity index (χ3v) is 4.22. The molecule has 1 aliphatic heterocycles. The van der Waals surface area contributed by atoms with E-state index in [0.29, 0.717) is 32.5 Å². The predicted octanol–water partition coefficient (Wildman–Crippen LogP) is 3.71. The van der Waals surface area contributed by atoms with Crippen LogP contribution in [0.1, 0.15) is 17.7 Å². The molecule has 1 aliphatic rings. The first-order valence-corrected chi connectivity index (χ1v) is 8.79. The third kappa shape index (κ3) is 5.05. The Labute approximate surface area is 153 Å². The Bertz CT molecular complexity index is 766. The third-order valence-electron chi connectivity index (χ3n) is 4.22. The number of allylic oxidation sites excluding steroid dienone is 2. The highest BCUT2D eigenvalue weighted by molar-refractivity contribution is 5.63. The molecule has 0 aliphatic carbocycles. The summed E-state index contributed by atoms with van der Waals surface area (Å²) in [7, 11) is 0. The van der Waals surface area contributed by atoms with Gasteiger partial charge in [-0.1, -0.05) is 12.7 Å². The molecule has 2 N–H and O–H groups in total. The molecular weight excluding hydrogens is 329 g/mol. The van der Waals surface area contributed by atoms with Gasteiger partial charge in [-0.15, -0.1) is 0 Å². The zero-order valence-electron chi connectivity index (χ0n) is 14.7. The van der Waals surface area contributed by atoms with Gasteiger partial charge in [0.2, 0.25) is 0 Å². The molecule has 0 spiro atoms. The van der Waals surface area contributed by atoms with Gasteiger partial charge in [-0.3, -0.25) is 4.98 Å². The van der Waals surface area contributed by atoms with Gasteiger partial charge >= 0.3 is 0 Å². The molecule has 26 heavy (non-hydrogen) atoms. The van der Waals surface area contributed by atoms with Gasteiger partial charge in [-0.2, -0.15) is 0 Å². The molecule has 0 aromatic carbocycles. The van der Waals surface area contributed by atoms with Gasteiger partial charge in [0.05, 0.1) is 18.8 Å². The Morgan fingerprint density at radius 1 is 1.54 bits per heavy atom. The number of H-pyrrole nitrogens is 1. The lowest BCUT2D eigenvalue weighted by Crippen LogP contribution is -2.19. The van der Waals surface area contributed by atoms with Crippen LogP contribution < -0.4 is 5.32 Å². The number of nitrogens with one attached hydrogen (secondary N) is 2. The van der Waals surface area contributed by atoms with Crippen LogP contribution in [0.25, 0.3) is 0 Å². The van der Waals surface area contributed by atoms with E-state index in [4.69, 9.17) is 0 Å². The fourth-order valence-electron chi connectivity index (χ4n) is 2.88. The molecule has 2 aromatic heterocycles. The summed E-state index contributed by atoms with van der Waals surface area (Å²) >= 11 is 0. The lowest BCUT2D eigenvalue weighted by atomic mass is 10.2. The summed E-state index contributed by atoms with van der Waals surface area (Å²) in [5.41, 5.74) is 3.24. The van der Waals surface area contributed by atoms with Crippen molar-refractivity contribution in [2.45, 2.75) is 25.6 Å². The van der Waals surface area contributed by atoms with Crippen LogP contribution in [-0.4, -0.2) is 40.3 Å². The highest BCUT2D eigenvalue weighted by Gasteiger charge is 2.22. The molecule has 6 heteroatoms. The molecule has 5 nitrogen and oxygen atoms in total. The van der Waals surface area contributed by atoms with Gasteiger partial charge in [0, 0.05) is 43.5 Å². The van der Waals surface area contributed by atoms with Crippen molar-refractivity contribution in [3.63, 3.8) is 0 Å². The van der Waals surface area contributed by atoms with E-state index in [9.17, 15) is 4.39 Å². The van der Waals surface area contributed by atoms with Crippen molar-refractivity contribution in [2.24, 2.45) is 4.99 Å². The number of hydrogen-bond acceptors (Lipinski definition) is 4. The minimum absolute atomic E-state index is 0.408. The first-order valence-electron chi connectivity index (χ1n) is 8.79. The number of aromatic amines is 1. The lowest BCUT2D eigenvalue weighted by Gasteiger charge is -2.17. The number of anilines is 1. The zero-order chi connectivity index (χ0) is 18.2. The minimum atomic E-state index is -0.766. The van der Waals surface area contributed by atoms with Gasteiger partial charge in [-0.25, -0.2) is 9.38 Å². The summed E-state index contributed by atoms with van der Waals surface area (Å²) < 4.78 is 13.4. The molecule has 0 unspecified atom stereocenters. The maximum absolute atomic E-state index is 13.4. The van der Waals surface area contributed by atoms with Crippen LogP contribution in [0.3, 0.4) is 0 Å². The molecule has 0 amide bonds. The number of rotatable bonds is 8. The highest BCUT2D eigenvalue weighted by Crippen LogP contribution is 2.18. The molecule has 1 fully saturated rings. The number of nitrogens with zero attached hydrogens (tertiary/aromatic N) is 3. The van der Waals surface area contributed by atoms with Crippen molar-refractivity contribution in [1.82, 2.24) is 14.9 Å². The van der Waals surface area contributed by atoms with Crippen LogP contribution in [0.5, 0.6) is 0 Å². The van der Waals surface area contributed by atoms with E-state index in [2.05, 4.69) is 32.9 Å². The quantitative estimate of drug-likeness (QED) is 0.562. The number of aliphatic imine (C=N–C) groups is 1. The Kier molecular flexibility index (Phi) is 6.19. The number of likely N-dealkylation sites (tertiary alicyclic amines) is 1. The van der Waals surface area contributed by atoms with Crippen LogP contribution in [0.2, 0.25) is 0 Å². The second-order valence-corrected chi connectivity index (χ2v) is 6.24. The van der Waals surface area contributed by atoms with Crippen molar-refractivity contribution < 1.29 is 4.39 Å². The molecule has 2 aromatic rings. The van der Waals surface area contributed by atoms with E-state index in [1.807, 2.05) is 35.5 Å². The van der Waals surface area contributed by atoms with Gasteiger partial charge < -0.3 is 15.2 Å². The maximum atomic E-state index is 13.4. The number of alkyl halides is 1. The fourth-order valence-corrected chi connectivity index (χ4v) is 2.88. The highest BCUT2D eigenvalue weighted by atomic mass is 19.1. The Morgan fingerprint density at radius 3 is 3.19 bits per heavy atom. The smallest absolute Gasteiger partial charge is 0.128 e. The van der Waals surface area contributed by atoms with Crippen molar-refractivity contribution in [3.8, 4) is 0 Å². The topological polar surface area (TPSA) is 56.3 Å². The van der Waals surface area contributed by atoms with Crippen molar-refractivity contribution in [2.75, 3.05) is 18.4 Å². The van der Waals surface area contributed by atoms with Crippen molar-refractivity contribution in [1.29, 1.82) is 0 Å². The lowest BCUT2D eigenvalue weighted by molar-refractivity contribution is 0.323. The zero-order valence-corrected chi connectivity index (χ0v) is 14.7. The average molecular weight is 353 g/mol. The predicted molar refractivity (Wildman–Crippen MR) is 104 cm³/mol. The SMILES string of the molecule is C=C/C=C(\N=C/Cc1c[nH]c(CNc2cccnc2)c1)N1CC[C@@H](F)C1. The molecule has 1 atom stereocenters. The normalized spacial score (nSPS) is 17.8. The summed E-state index contributed by atoms with van der Waals surface area (Å²) in [5.74, 6) is 0.772. The van der Waals surface area contributed by atoms with Crippen molar-refractivity contribution in [3.05, 3.63) is 72.6 Å². The number of halogens is 1. The van der Waals surface area contributed by atoms with E-state index in [1.54, 1.807) is 18.5 Å². The first-order chi connectivity index (χ1) is 12.7. The Hall–Kier alpha value is -2.89. The van der Waals surface area contributed by atoms with Gasteiger partial charge in [0.15, 0.2) is 0 Å². The number of aromatic nitrogens is 2. The summed E-state index contributed by atoms with van der Waals surface area (Å²) in [6.07, 6.45) is 11.4. The van der Waals surface area contributed by atoms with Crippen LogP contribution in [0.15, 0.2) is 66.3 Å². The average Bonchev–Trinajstić information content (AvgIpc) is 3.29. The fraction of sp³-hybridized carbons (Fsp3) is 0.300.